The number of aliphatic hydroxyl groups is 1. The number of halogens is 1. The molecular formula is C34H47FN8O7. The van der Waals surface area contributed by atoms with Crippen molar-refractivity contribution in [2.75, 3.05) is 19.6 Å². The van der Waals surface area contributed by atoms with Crippen LogP contribution < -0.4 is 16.4 Å². The van der Waals surface area contributed by atoms with Crippen LogP contribution in [0.1, 0.15) is 68.5 Å². The van der Waals surface area contributed by atoms with Crippen molar-refractivity contribution in [1.29, 1.82) is 0 Å². The first kappa shape index (κ1) is 38.1. The number of hydrogen-bond donors (Lipinski definition) is 4. The van der Waals surface area contributed by atoms with Gasteiger partial charge in [-0.1, -0.05) is 48.9 Å². The summed E-state index contributed by atoms with van der Waals surface area (Å²) in [5.41, 5.74) is 6.80. The molecule has 16 heteroatoms. The fraction of sp³-hybridized carbons (Fsp3) is 0.559. The summed E-state index contributed by atoms with van der Waals surface area (Å²) < 4.78 is 27.8. The van der Waals surface area contributed by atoms with E-state index in [1.807, 2.05) is 13.8 Å². The first-order valence-electron chi connectivity index (χ1n) is 16.9. The lowest BCUT2D eigenvalue weighted by Gasteiger charge is -2.30. The number of alkyl halides is 1. The highest BCUT2D eigenvalue weighted by Crippen LogP contribution is 2.27. The van der Waals surface area contributed by atoms with Gasteiger partial charge in [0, 0.05) is 51.1 Å². The number of allylic oxidation sites excluding steroid dienone is 2. The number of nitrogens with two attached hydrogens (primary N) is 1. The van der Waals surface area contributed by atoms with Crippen molar-refractivity contribution in [2.45, 2.75) is 90.4 Å². The molecule has 272 valence electrons. The molecule has 2 aromatic heterocycles. The molecule has 0 saturated carbocycles. The van der Waals surface area contributed by atoms with E-state index >= 15 is 0 Å². The molecule has 0 radical (unpaired) electrons. The van der Waals surface area contributed by atoms with Crippen LogP contribution in [0.4, 0.5) is 4.39 Å². The number of nitrogens with zero attached hydrogens (tertiary/aromatic N) is 5. The number of aliphatic hydroxyl groups excluding tert-OH is 1. The lowest BCUT2D eigenvalue weighted by molar-refractivity contribution is -0.159. The van der Waals surface area contributed by atoms with Crippen LogP contribution in [0, 0.1) is 11.8 Å². The van der Waals surface area contributed by atoms with Gasteiger partial charge in [-0.3, -0.25) is 19.1 Å². The Labute approximate surface area is 290 Å². The molecular weight excluding hydrogens is 651 g/mol. The molecule has 50 heavy (non-hydrogen) atoms. The molecule has 5 atom stereocenters. The third-order valence-electron chi connectivity index (χ3n) is 8.39. The largest absolute Gasteiger partial charge is 0.460 e. The smallest absolute Gasteiger partial charge is 0.329 e. The van der Waals surface area contributed by atoms with E-state index in [0.29, 0.717) is 30.7 Å². The summed E-state index contributed by atoms with van der Waals surface area (Å²) in [6.07, 6.45) is 7.47. The van der Waals surface area contributed by atoms with Gasteiger partial charge in [-0.25, -0.2) is 14.2 Å². The van der Waals surface area contributed by atoms with E-state index in [4.69, 9.17) is 14.9 Å². The van der Waals surface area contributed by atoms with Crippen molar-refractivity contribution in [2.24, 2.45) is 17.6 Å². The van der Waals surface area contributed by atoms with Crippen molar-refractivity contribution >= 4 is 23.7 Å². The molecule has 0 aliphatic carbocycles. The topological polar surface area (TPSA) is 208 Å². The zero-order chi connectivity index (χ0) is 36.2. The fourth-order valence-corrected chi connectivity index (χ4v) is 5.90. The molecule has 3 amide bonds. The molecule has 2 aliphatic rings. The van der Waals surface area contributed by atoms with E-state index in [0.717, 1.165) is 6.26 Å². The first-order chi connectivity index (χ1) is 23.9. The van der Waals surface area contributed by atoms with E-state index in [1.54, 1.807) is 36.0 Å². The van der Waals surface area contributed by atoms with E-state index in [2.05, 4.69) is 25.9 Å². The second-order valence-corrected chi connectivity index (χ2v) is 12.8. The van der Waals surface area contributed by atoms with Gasteiger partial charge in [-0.15, -0.1) is 5.10 Å². The Hall–Kier alpha value is -4.70. The normalized spacial score (nSPS) is 26.8. The Kier molecular flexibility index (Phi) is 14.0. The van der Waals surface area contributed by atoms with Crippen molar-refractivity contribution in [1.82, 2.24) is 35.5 Å². The predicted octanol–water partition coefficient (Wildman–Crippen LogP) is 1.54. The number of hydrogen-bond acceptors (Lipinski definition) is 11. The maximum atomic E-state index is 14.8. The van der Waals surface area contributed by atoms with Gasteiger partial charge in [0.1, 0.15) is 24.6 Å². The number of cyclic esters (lactones) is 1. The number of ether oxygens (including phenoxy) is 1. The van der Waals surface area contributed by atoms with Crippen LogP contribution >= 0.6 is 0 Å². The van der Waals surface area contributed by atoms with Crippen molar-refractivity contribution < 1.29 is 37.8 Å². The molecule has 5 N–H and O–H groups in total. The number of carbonyl (C=O) groups excluding carboxylic acids is 4. The van der Waals surface area contributed by atoms with Crippen LogP contribution in [0.15, 0.2) is 52.8 Å². The monoisotopic (exact) mass is 698 g/mol. The van der Waals surface area contributed by atoms with Crippen molar-refractivity contribution in [3.05, 3.63) is 65.7 Å². The summed E-state index contributed by atoms with van der Waals surface area (Å²) in [5.74, 6) is -2.94. The third kappa shape index (κ3) is 11.2. The van der Waals surface area contributed by atoms with Gasteiger partial charge in [0.2, 0.25) is 11.8 Å². The lowest BCUT2D eigenvalue weighted by Crippen LogP contribution is -2.44. The first-order valence-corrected chi connectivity index (χ1v) is 16.9. The number of rotatable bonds is 7. The summed E-state index contributed by atoms with van der Waals surface area (Å²) in [6, 6.07) is -0.917. The van der Waals surface area contributed by atoms with Gasteiger partial charge < -0.3 is 35.5 Å². The van der Waals surface area contributed by atoms with Gasteiger partial charge in [0.15, 0.2) is 11.6 Å². The molecule has 4 rings (SSSR count). The third-order valence-corrected chi connectivity index (χ3v) is 8.39. The maximum absolute atomic E-state index is 14.8. The Bertz CT molecular complexity index is 1570. The Morgan fingerprint density at radius 1 is 1.26 bits per heavy atom. The number of esters is 1. The molecule has 1 fully saturated rings. The van der Waals surface area contributed by atoms with Crippen LogP contribution in [0.3, 0.4) is 0 Å². The van der Waals surface area contributed by atoms with E-state index in [1.165, 1.54) is 17.1 Å². The van der Waals surface area contributed by atoms with Crippen LogP contribution in [0.2, 0.25) is 0 Å². The molecule has 2 aliphatic heterocycles. The van der Waals surface area contributed by atoms with Crippen LogP contribution in [-0.2, 0) is 38.6 Å². The van der Waals surface area contributed by atoms with Crippen LogP contribution in [0.5, 0.6) is 0 Å². The SMILES string of the molecule is CC1=C\C(O)CC(F)Cc2nc(co2)C(=O)N2CCCC2C(=O)OC(C(C)C)C(CC(=O)NCCn2cc(CN)nn2)/C=C/C(=O)NC\C=C\1. The summed E-state index contributed by atoms with van der Waals surface area (Å²) in [4.78, 5) is 58.6. The molecule has 2 aromatic rings. The molecule has 2 bridgehead atoms. The average molecular weight is 699 g/mol. The van der Waals surface area contributed by atoms with Gasteiger partial charge >= 0.3 is 5.97 Å². The Morgan fingerprint density at radius 3 is 2.80 bits per heavy atom. The summed E-state index contributed by atoms with van der Waals surface area (Å²) in [5, 5.41) is 23.8. The summed E-state index contributed by atoms with van der Waals surface area (Å²) in [7, 11) is 0. The van der Waals surface area contributed by atoms with Gasteiger partial charge in [0.25, 0.3) is 5.91 Å². The van der Waals surface area contributed by atoms with Gasteiger partial charge in [0.05, 0.1) is 24.8 Å². The molecule has 5 unspecified atom stereocenters. The fourth-order valence-electron chi connectivity index (χ4n) is 5.90. The predicted molar refractivity (Wildman–Crippen MR) is 179 cm³/mol. The van der Waals surface area contributed by atoms with Gasteiger partial charge in [-0.2, -0.15) is 0 Å². The molecule has 15 nitrogen and oxygen atoms in total. The maximum Gasteiger partial charge on any atom is 0.329 e. The molecule has 0 aromatic carbocycles. The standard InChI is InChI=1S/C34H47FN8O7/c1-21(2)32-23(15-30(46)38-11-13-42-19-25(18-36)40-41-42)8-9-29(45)37-10-4-6-22(3)14-26(44)16-24(35)17-31-39-27(20-49-31)33(47)43-12-5-7-28(43)34(48)50-32/h4,6,8-9,14,19-21,23-24,26,28,32,44H,5,7,10-13,15-18,36H2,1-3H3,(H,37,45)(H,38,46)/b6-4+,9-8+,22-14+. The number of nitrogens with one attached hydrogen (secondary N) is 2. The minimum atomic E-state index is -1.50. The summed E-state index contributed by atoms with van der Waals surface area (Å²) >= 11 is 0. The average Bonchev–Trinajstić information content (AvgIpc) is 3.84. The minimum absolute atomic E-state index is 0.00419. The van der Waals surface area contributed by atoms with E-state index < -0.39 is 48.1 Å². The highest BCUT2D eigenvalue weighted by Gasteiger charge is 2.39. The number of aromatic nitrogens is 4. The Balaban J connectivity index is 1.55. The second kappa shape index (κ2) is 18.3. The zero-order valence-corrected chi connectivity index (χ0v) is 28.7. The van der Waals surface area contributed by atoms with Crippen LogP contribution in [0.25, 0.3) is 0 Å². The zero-order valence-electron chi connectivity index (χ0n) is 28.7. The quantitative estimate of drug-likeness (QED) is 0.305. The van der Waals surface area contributed by atoms with Crippen LogP contribution in [-0.4, -0.2) is 97.7 Å². The lowest BCUT2D eigenvalue weighted by atomic mass is 9.89. The number of carbonyl (C=O) groups is 4. The second-order valence-electron chi connectivity index (χ2n) is 12.8. The number of amides is 3. The minimum Gasteiger partial charge on any atom is -0.460 e. The molecule has 1 saturated heterocycles. The van der Waals surface area contributed by atoms with Gasteiger partial charge in [-0.05, 0) is 31.8 Å². The van der Waals surface area contributed by atoms with E-state index in [9.17, 15) is 28.7 Å². The highest BCUT2D eigenvalue weighted by atomic mass is 19.1. The molecule has 4 heterocycles. The van der Waals surface area contributed by atoms with Crippen molar-refractivity contribution in [3.8, 4) is 0 Å². The van der Waals surface area contributed by atoms with Crippen molar-refractivity contribution in [3.63, 3.8) is 0 Å². The summed E-state index contributed by atoms with van der Waals surface area (Å²) in [6.45, 7) is 6.71. The molecule has 0 spiro atoms. The van der Waals surface area contributed by atoms with E-state index in [-0.39, 0.29) is 68.9 Å². The Morgan fingerprint density at radius 2 is 2.06 bits per heavy atom. The number of fused-ring (bicyclic) bond motifs is 3. The highest BCUT2D eigenvalue weighted by molar-refractivity contribution is 5.95. The number of oxazole rings is 1.